The van der Waals surface area contributed by atoms with Crippen LogP contribution in [0, 0.1) is 6.92 Å². The van der Waals surface area contributed by atoms with Gasteiger partial charge in [-0.3, -0.25) is 4.98 Å². The largest absolute Gasteiger partial charge is 0.487 e. The number of pyridine rings is 1. The SMILES string of the molecule is CC.Cc1ccccc1OCc1ccccn1. The molecule has 0 amide bonds. The minimum absolute atomic E-state index is 0.520. The molecule has 0 unspecified atom stereocenters. The Bertz CT molecular complexity index is 426. The molecule has 0 fully saturated rings. The van der Waals surface area contributed by atoms with Crippen molar-refractivity contribution in [3.63, 3.8) is 0 Å². The van der Waals surface area contributed by atoms with E-state index in [4.69, 9.17) is 4.74 Å². The number of nitrogens with zero attached hydrogens (tertiary/aromatic N) is 1. The highest BCUT2D eigenvalue weighted by atomic mass is 16.5. The van der Waals surface area contributed by atoms with Crippen LogP contribution in [-0.2, 0) is 6.61 Å². The second kappa shape index (κ2) is 7.44. The molecule has 0 aliphatic heterocycles. The summed E-state index contributed by atoms with van der Waals surface area (Å²) < 4.78 is 5.66. The molecule has 0 atom stereocenters. The minimum Gasteiger partial charge on any atom is -0.487 e. The van der Waals surface area contributed by atoms with Gasteiger partial charge in [-0.25, -0.2) is 0 Å². The number of rotatable bonds is 3. The average Bonchev–Trinajstić information content (AvgIpc) is 2.41. The van der Waals surface area contributed by atoms with Gasteiger partial charge in [0.1, 0.15) is 12.4 Å². The Morgan fingerprint density at radius 1 is 1.00 bits per heavy atom. The molecule has 2 nitrogen and oxygen atoms in total. The highest BCUT2D eigenvalue weighted by molar-refractivity contribution is 5.31. The Labute approximate surface area is 103 Å². The van der Waals surface area contributed by atoms with E-state index in [-0.39, 0.29) is 0 Å². The van der Waals surface area contributed by atoms with Crippen LogP contribution in [0.2, 0.25) is 0 Å². The first kappa shape index (κ1) is 13.2. The molecule has 2 heteroatoms. The monoisotopic (exact) mass is 229 g/mol. The number of ether oxygens (including phenoxy) is 1. The molecule has 0 saturated carbocycles. The van der Waals surface area contributed by atoms with Gasteiger partial charge in [-0.1, -0.05) is 38.1 Å². The lowest BCUT2D eigenvalue weighted by molar-refractivity contribution is 0.299. The molecule has 17 heavy (non-hydrogen) atoms. The molecule has 0 radical (unpaired) electrons. The van der Waals surface area contributed by atoms with Gasteiger partial charge < -0.3 is 4.74 Å². The summed E-state index contributed by atoms with van der Waals surface area (Å²) in [4.78, 5) is 4.20. The van der Waals surface area contributed by atoms with Crippen LogP contribution in [0.15, 0.2) is 48.7 Å². The van der Waals surface area contributed by atoms with Crippen LogP contribution >= 0.6 is 0 Å². The van der Waals surface area contributed by atoms with Crippen LogP contribution in [0.1, 0.15) is 25.1 Å². The topological polar surface area (TPSA) is 22.1 Å². The van der Waals surface area contributed by atoms with E-state index < -0.39 is 0 Å². The Balaban J connectivity index is 0.000000686. The van der Waals surface area contributed by atoms with E-state index >= 15 is 0 Å². The lowest BCUT2D eigenvalue weighted by atomic mass is 10.2. The summed E-state index contributed by atoms with van der Waals surface area (Å²) in [6, 6.07) is 13.8. The maximum Gasteiger partial charge on any atom is 0.130 e. The number of aromatic nitrogens is 1. The molecule has 1 heterocycles. The van der Waals surface area contributed by atoms with Gasteiger partial charge >= 0.3 is 0 Å². The highest BCUT2D eigenvalue weighted by Crippen LogP contribution is 2.17. The van der Waals surface area contributed by atoms with Crippen molar-refractivity contribution in [2.75, 3.05) is 0 Å². The normalized spacial score (nSPS) is 9.12. The van der Waals surface area contributed by atoms with Gasteiger partial charge in [-0.05, 0) is 30.7 Å². The number of para-hydroxylation sites is 1. The van der Waals surface area contributed by atoms with Crippen LogP contribution in [0.4, 0.5) is 0 Å². The molecule has 0 saturated heterocycles. The molecule has 90 valence electrons. The van der Waals surface area contributed by atoms with E-state index in [1.54, 1.807) is 6.20 Å². The smallest absolute Gasteiger partial charge is 0.130 e. The molecule has 2 aromatic rings. The van der Waals surface area contributed by atoms with E-state index in [1.807, 2.05) is 63.2 Å². The highest BCUT2D eigenvalue weighted by Gasteiger charge is 1.98. The first-order chi connectivity index (χ1) is 8.36. The van der Waals surface area contributed by atoms with Crippen molar-refractivity contribution in [2.45, 2.75) is 27.4 Å². The van der Waals surface area contributed by atoms with Gasteiger partial charge in [0.25, 0.3) is 0 Å². The van der Waals surface area contributed by atoms with Crippen LogP contribution < -0.4 is 4.74 Å². The molecular formula is C15H19NO. The Kier molecular flexibility index (Phi) is 5.80. The average molecular weight is 229 g/mol. The fourth-order valence-electron chi connectivity index (χ4n) is 1.35. The molecular weight excluding hydrogens is 210 g/mol. The Morgan fingerprint density at radius 2 is 1.71 bits per heavy atom. The van der Waals surface area contributed by atoms with Crippen molar-refractivity contribution in [2.24, 2.45) is 0 Å². The molecule has 0 aliphatic carbocycles. The fourth-order valence-corrected chi connectivity index (χ4v) is 1.35. The van der Waals surface area contributed by atoms with E-state index in [0.29, 0.717) is 6.61 Å². The zero-order valence-electron chi connectivity index (χ0n) is 10.7. The van der Waals surface area contributed by atoms with E-state index in [2.05, 4.69) is 4.98 Å². The fraction of sp³-hybridized carbons (Fsp3) is 0.267. The van der Waals surface area contributed by atoms with Crippen LogP contribution in [0.25, 0.3) is 0 Å². The number of hydrogen-bond acceptors (Lipinski definition) is 2. The summed E-state index contributed by atoms with van der Waals surface area (Å²) in [6.45, 7) is 6.56. The van der Waals surface area contributed by atoms with E-state index in [1.165, 1.54) is 0 Å². The van der Waals surface area contributed by atoms with Crippen LogP contribution in [-0.4, -0.2) is 4.98 Å². The lowest BCUT2D eigenvalue weighted by Gasteiger charge is -2.07. The van der Waals surface area contributed by atoms with Gasteiger partial charge in [-0.15, -0.1) is 0 Å². The molecule has 1 aromatic carbocycles. The first-order valence-corrected chi connectivity index (χ1v) is 5.94. The Morgan fingerprint density at radius 3 is 2.35 bits per heavy atom. The standard InChI is InChI=1S/C13H13NO.C2H6/c1-11-6-2-3-8-13(11)15-10-12-7-4-5-9-14-12;1-2/h2-9H,10H2,1H3;1-2H3. The number of benzene rings is 1. The second-order valence-electron chi connectivity index (χ2n) is 3.38. The predicted octanol–water partition coefficient (Wildman–Crippen LogP) is 4.00. The van der Waals surface area contributed by atoms with Gasteiger partial charge in [0, 0.05) is 6.20 Å². The van der Waals surface area contributed by atoms with Crippen molar-refractivity contribution in [3.8, 4) is 5.75 Å². The van der Waals surface area contributed by atoms with E-state index in [9.17, 15) is 0 Å². The van der Waals surface area contributed by atoms with E-state index in [0.717, 1.165) is 17.0 Å². The summed E-state index contributed by atoms with van der Waals surface area (Å²) in [5, 5.41) is 0. The Hall–Kier alpha value is -1.83. The second-order valence-corrected chi connectivity index (χ2v) is 3.38. The third kappa shape index (κ3) is 4.27. The lowest BCUT2D eigenvalue weighted by Crippen LogP contribution is -1.98. The van der Waals surface area contributed by atoms with Gasteiger partial charge in [0.05, 0.1) is 5.69 Å². The van der Waals surface area contributed by atoms with Crippen molar-refractivity contribution in [1.29, 1.82) is 0 Å². The molecule has 0 aliphatic rings. The van der Waals surface area contributed by atoms with Crippen molar-refractivity contribution >= 4 is 0 Å². The summed E-state index contributed by atoms with van der Waals surface area (Å²) in [5.41, 5.74) is 2.09. The molecule has 2 rings (SSSR count). The number of hydrogen-bond donors (Lipinski definition) is 0. The summed E-state index contributed by atoms with van der Waals surface area (Å²) >= 11 is 0. The van der Waals surface area contributed by atoms with Gasteiger partial charge in [0.15, 0.2) is 0 Å². The molecule has 1 aromatic heterocycles. The van der Waals surface area contributed by atoms with Crippen molar-refractivity contribution in [1.82, 2.24) is 4.98 Å². The first-order valence-electron chi connectivity index (χ1n) is 5.94. The maximum atomic E-state index is 5.66. The van der Waals surface area contributed by atoms with Crippen LogP contribution in [0.5, 0.6) is 5.75 Å². The zero-order chi connectivity index (χ0) is 12.5. The third-order valence-corrected chi connectivity index (χ3v) is 2.20. The maximum absolute atomic E-state index is 5.66. The summed E-state index contributed by atoms with van der Waals surface area (Å²) in [5.74, 6) is 0.920. The van der Waals surface area contributed by atoms with Crippen molar-refractivity contribution in [3.05, 3.63) is 59.9 Å². The predicted molar refractivity (Wildman–Crippen MR) is 71.1 cm³/mol. The van der Waals surface area contributed by atoms with Crippen molar-refractivity contribution < 1.29 is 4.74 Å². The molecule has 0 N–H and O–H groups in total. The quantitative estimate of drug-likeness (QED) is 0.793. The summed E-state index contributed by atoms with van der Waals surface area (Å²) in [7, 11) is 0. The van der Waals surface area contributed by atoms with Crippen LogP contribution in [0.3, 0.4) is 0 Å². The van der Waals surface area contributed by atoms with Gasteiger partial charge in [0.2, 0.25) is 0 Å². The molecule has 0 spiro atoms. The van der Waals surface area contributed by atoms with Gasteiger partial charge in [-0.2, -0.15) is 0 Å². The number of aryl methyl sites for hydroxylation is 1. The zero-order valence-corrected chi connectivity index (χ0v) is 10.7. The minimum atomic E-state index is 0.520. The molecule has 0 bridgehead atoms. The third-order valence-electron chi connectivity index (χ3n) is 2.20. The summed E-state index contributed by atoms with van der Waals surface area (Å²) in [6.07, 6.45) is 1.77.